The Morgan fingerprint density at radius 2 is 1.70 bits per heavy atom. The summed E-state index contributed by atoms with van der Waals surface area (Å²) in [6.45, 7) is 5.34. The Balaban J connectivity index is 4.16. The molecule has 0 spiro atoms. The summed E-state index contributed by atoms with van der Waals surface area (Å²) in [5.41, 5.74) is 0. The molecular formula is C13H30N2O3S2. The molecule has 0 aromatic heterocycles. The number of aliphatic hydroxyl groups excluding tert-OH is 1. The number of nitrogens with one attached hydrogen (secondary N) is 2. The van der Waals surface area contributed by atoms with Crippen molar-refractivity contribution in [2.24, 2.45) is 0 Å². The van der Waals surface area contributed by atoms with Crippen LogP contribution in [0.15, 0.2) is 0 Å². The van der Waals surface area contributed by atoms with Crippen molar-refractivity contribution in [3.8, 4) is 0 Å². The van der Waals surface area contributed by atoms with Crippen molar-refractivity contribution < 1.29 is 14.6 Å². The molecule has 7 heteroatoms. The van der Waals surface area contributed by atoms with Gasteiger partial charge in [0.25, 0.3) is 0 Å². The predicted octanol–water partition coefficient (Wildman–Crippen LogP) is 0.196. The first-order valence-electron chi connectivity index (χ1n) is 7.15. The molecule has 3 atom stereocenters. The highest BCUT2D eigenvalue weighted by Gasteiger charge is 2.22. The summed E-state index contributed by atoms with van der Waals surface area (Å²) in [6, 6.07) is 0. The zero-order chi connectivity index (χ0) is 15.2. The molecule has 3 N–H and O–H groups in total. The molecule has 0 saturated carbocycles. The van der Waals surface area contributed by atoms with E-state index in [2.05, 4.69) is 35.9 Å². The molecular weight excluding hydrogens is 296 g/mol. The predicted molar refractivity (Wildman–Crippen MR) is 90.3 cm³/mol. The molecule has 5 nitrogen and oxygen atoms in total. The van der Waals surface area contributed by atoms with Gasteiger partial charge in [0.05, 0.1) is 24.9 Å². The molecule has 0 rings (SSSR count). The van der Waals surface area contributed by atoms with Gasteiger partial charge in [-0.05, 0) is 6.42 Å². The number of aliphatic hydroxyl groups is 1. The third-order valence-corrected chi connectivity index (χ3v) is 3.30. The van der Waals surface area contributed by atoms with E-state index in [0.717, 1.165) is 31.0 Å². The van der Waals surface area contributed by atoms with E-state index in [1.807, 2.05) is 6.92 Å². The largest absolute Gasteiger partial charge is 0.389 e. The van der Waals surface area contributed by atoms with E-state index in [4.69, 9.17) is 9.47 Å². The summed E-state index contributed by atoms with van der Waals surface area (Å²) in [4.78, 5) is 0. The van der Waals surface area contributed by atoms with Crippen LogP contribution in [0.25, 0.3) is 0 Å². The molecule has 3 unspecified atom stereocenters. The van der Waals surface area contributed by atoms with Gasteiger partial charge in [-0.2, -0.15) is 25.3 Å². The number of hydrogen-bond acceptors (Lipinski definition) is 7. The lowest BCUT2D eigenvalue weighted by Crippen LogP contribution is -2.43. The van der Waals surface area contributed by atoms with Gasteiger partial charge in [0.1, 0.15) is 0 Å². The van der Waals surface area contributed by atoms with Crippen LogP contribution in [0.1, 0.15) is 13.3 Å². The second-order valence-corrected chi connectivity index (χ2v) is 5.48. The number of thiol groups is 2. The van der Waals surface area contributed by atoms with Crippen molar-refractivity contribution in [3.05, 3.63) is 0 Å². The number of ether oxygens (including phenoxy) is 2. The SMILES string of the molecule is CCC(OC(CNCCS)COC)C(O)CNCCS. The van der Waals surface area contributed by atoms with Crippen LogP contribution in [0.4, 0.5) is 0 Å². The Kier molecular flexibility index (Phi) is 14.8. The van der Waals surface area contributed by atoms with Gasteiger partial charge in [0, 0.05) is 44.8 Å². The molecule has 0 bridgehead atoms. The van der Waals surface area contributed by atoms with E-state index in [1.165, 1.54) is 0 Å². The Labute approximate surface area is 134 Å². The van der Waals surface area contributed by atoms with Crippen LogP contribution in [-0.4, -0.2) is 74.8 Å². The van der Waals surface area contributed by atoms with Crippen molar-refractivity contribution in [1.29, 1.82) is 0 Å². The molecule has 0 aliphatic heterocycles. The first-order valence-corrected chi connectivity index (χ1v) is 8.41. The third kappa shape index (κ3) is 10.3. The molecule has 0 aliphatic carbocycles. The maximum absolute atomic E-state index is 10.1. The minimum atomic E-state index is -0.524. The van der Waals surface area contributed by atoms with E-state index in [1.54, 1.807) is 7.11 Å². The highest BCUT2D eigenvalue weighted by molar-refractivity contribution is 7.80. The summed E-state index contributed by atoms with van der Waals surface area (Å²) in [7, 11) is 1.65. The topological polar surface area (TPSA) is 62.8 Å². The average molecular weight is 327 g/mol. The van der Waals surface area contributed by atoms with Gasteiger partial charge in [0.15, 0.2) is 0 Å². The fraction of sp³-hybridized carbons (Fsp3) is 1.00. The molecule has 20 heavy (non-hydrogen) atoms. The normalized spacial score (nSPS) is 16.1. The molecule has 0 saturated heterocycles. The summed E-state index contributed by atoms with van der Waals surface area (Å²) in [5, 5.41) is 16.5. The van der Waals surface area contributed by atoms with Gasteiger partial charge < -0.3 is 25.2 Å². The quantitative estimate of drug-likeness (QED) is 0.233. The van der Waals surface area contributed by atoms with Crippen molar-refractivity contribution in [2.75, 3.05) is 51.4 Å². The monoisotopic (exact) mass is 326 g/mol. The lowest BCUT2D eigenvalue weighted by molar-refractivity contribution is -0.0950. The lowest BCUT2D eigenvalue weighted by atomic mass is 10.1. The van der Waals surface area contributed by atoms with E-state index >= 15 is 0 Å². The van der Waals surface area contributed by atoms with Crippen molar-refractivity contribution in [2.45, 2.75) is 31.7 Å². The maximum Gasteiger partial charge on any atom is 0.0937 e. The fourth-order valence-corrected chi connectivity index (χ4v) is 2.16. The average Bonchev–Trinajstić information content (AvgIpc) is 2.45. The van der Waals surface area contributed by atoms with E-state index in [0.29, 0.717) is 19.7 Å². The fourth-order valence-electron chi connectivity index (χ4n) is 1.84. The molecule has 0 aliphatic rings. The zero-order valence-electron chi connectivity index (χ0n) is 12.5. The Morgan fingerprint density at radius 3 is 2.20 bits per heavy atom. The Bertz CT molecular complexity index is 214. The van der Waals surface area contributed by atoms with Crippen molar-refractivity contribution in [3.63, 3.8) is 0 Å². The lowest BCUT2D eigenvalue weighted by Gasteiger charge is -2.27. The number of hydrogen-bond donors (Lipinski definition) is 5. The Morgan fingerprint density at radius 1 is 1.10 bits per heavy atom. The van der Waals surface area contributed by atoms with Crippen LogP contribution in [-0.2, 0) is 9.47 Å². The number of rotatable bonds is 14. The van der Waals surface area contributed by atoms with Crippen LogP contribution in [0, 0.1) is 0 Å². The summed E-state index contributed by atoms with van der Waals surface area (Å²) in [6.07, 6.45) is -0.0231. The smallest absolute Gasteiger partial charge is 0.0937 e. The molecule has 0 heterocycles. The van der Waals surface area contributed by atoms with Gasteiger partial charge in [0.2, 0.25) is 0 Å². The minimum absolute atomic E-state index is 0.0654. The van der Waals surface area contributed by atoms with Crippen LogP contribution in [0.2, 0.25) is 0 Å². The highest BCUT2D eigenvalue weighted by Crippen LogP contribution is 2.08. The first kappa shape index (κ1) is 20.5. The van der Waals surface area contributed by atoms with Crippen molar-refractivity contribution >= 4 is 25.3 Å². The van der Waals surface area contributed by atoms with E-state index in [9.17, 15) is 5.11 Å². The van der Waals surface area contributed by atoms with Gasteiger partial charge >= 0.3 is 0 Å². The van der Waals surface area contributed by atoms with Crippen LogP contribution in [0.5, 0.6) is 0 Å². The van der Waals surface area contributed by atoms with Gasteiger partial charge in [-0.3, -0.25) is 0 Å². The Hall–Kier alpha value is 0.500. The summed E-state index contributed by atoms with van der Waals surface area (Å²) < 4.78 is 11.1. The van der Waals surface area contributed by atoms with Crippen LogP contribution >= 0.6 is 25.3 Å². The molecule has 0 radical (unpaired) electrons. The van der Waals surface area contributed by atoms with E-state index in [-0.39, 0.29) is 12.2 Å². The second kappa shape index (κ2) is 14.4. The van der Waals surface area contributed by atoms with Crippen LogP contribution < -0.4 is 10.6 Å². The van der Waals surface area contributed by atoms with E-state index < -0.39 is 6.10 Å². The molecule has 0 aromatic rings. The standard InChI is InChI=1S/C13H30N2O3S2/c1-3-13(12(16)9-15-5-7-20)18-11(10-17-2)8-14-4-6-19/h11-16,19-20H,3-10H2,1-2H3. The molecule has 122 valence electrons. The summed E-state index contributed by atoms with van der Waals surface area (Å²) in [5.74, 6) is 1.54. The van der Waals surface area contributed by atoms with Gasteiger partial charge in [-0.25, -0.2) is 0 Å². The second-order valence-electron chi connectivity index (χ2n) is 4.58. The van der Waals surface area contributed by atoms with Gasteiger partial charge in [-0.1, -0.05) is 6.92 Å². The molecule has 0 aromatic carbocycles. The third-order valence-electron chi connectivity index (χ3n) is 2.85. The molecule has 0 fully saturated rings. The van der Waals surface area contributed by atoms with Crippen LogP contribution in [0.3, 0.4) is 0 Å². The summed E-state index contributed by atoms with van der Waals surface area (Å²) >= 11 is 8.28. The maximum atomic E-state index is 10.1. The highest BCUT2D eigenvalue weighted by atomic mass is 32.1. The van der Waals surface area contributed by atoms with Crippen molar-refractivity contribution in [1.82, 2.24) is 10.6 Å². The zero-order valence-corrected chi connectivity index (χ0v) is 14.3. The molecule has 0 amide bonds. The minimum Gasteiger partial charge on any atom is -0.389 e. The number of methoxy groups -OCH3 is 1. The van der Waals surface area contributed by atoms with Gasteiger partial charge in [-0.15, -0.1) is 0 Å². The first-order chi connectivity index (χ1) is 9.69.